The molecule has 7 nitrogen and oxygen atoms in total. The van der Waals surface area contributed by atoms with Crippen molar-refractivity contribution < 1.29 is 9.90 Å². The van der Waals surface area contributed by atoms with Gasteiger partial charge in [0.25, 0.3) is 5.91 Å². The Labute approximate surface area is 117 Å². The Morgan fingerprint density at radius 2 is 2.20 bits per heavy atom. The van der Waals surface area contributed by atoms with Crippen LogP contribution < -0.4 is 5.32 Å². The minimum Gasteiger partial charge on any atom is -0.396 e. The average molecular weight is 279 g/mol. The summed E-state index contributed by atoms with van der Waals surface area (Å²) in [6.07, 6.45) is 4.68. The number of hydrogen-bond acceptors (Lipinski definition) is 5. The second-order valence-corrected chi connectivity index (χ2v) is 5.65. The first-order valence-corrected chi connectivity index (χ1v) is 7.30. The molecule has 0 aromatic carbocycles. The third kappa shape index (κ3) is 2.69. The van der Waals surface area contributed by atoms with E-state index in [1.54, 1.807) is 11.1 Å². The molecule has 1 atom stereocenters. The van der Waals surface area contributed by atoms with E-state index in [-0.39, 0.29) is 18.4 Å². The van der Waals surface area contributed by atoms with Crippen molar-refractivity contribution in [2.75, 3.05) is 32.8 Å². The second-order valence-electron chi connectivity index (χ2n) is 5.65. The molecule has 110 valence electrons. The number of rotatable bonds is 3. The first kappa shape index (κ1) is 13.5. The highest BCUT2D eigenvalue weighted by atomic mass is 16.3. The minimum absolute atomic E-state index is 0.0684. The quantitative estimate of drug-likeness (QED) is 0.790. The summed E-state index contributed by atoms with van der Waals surface area (Å²) in [5.41, 5.74) is 0.419. The number of nitrogens with zero attached hydrogens (tertiary/aromatic N) is 4. The summed E-state index contributed by atoms with van der Waals surface area (Å²) in [6, 6.07) is 0.342. The molecule has 2 aliphatic heterocycles. The third-order valence-electron chi connectivity index (χ3n) is 4.24. The molecule has 0 aliphatic carbocycles. The normalized spacial score (nSPS) is 24.2. The molecule has 1 aromatic rings. The monoisotopic (exact) mass is 279 g/mol. The van der Waals surface area contributed by atoms with Crippen LogP contribution in [0.4, 0.5) is 0 Å². The van der Waals surface area contributed by atoms with Crippen LogP contribution in [0.5, 0.6) is 0 Å². The molecule has 7 heteroatoms. The summed E-state index contributed by atoms with van der Waals surface area (Å²) in [7, 11) is 0. The molecule has 3 rings (SSSR count). The molecule has 2 saturated heterocycles. The molecule has 2 N–H and O–H groups in total. The van der Waals surface area contributed by atoms with Gasteiger partial charge in [0.2, 0.25) is 0 Å². The van der Waals surface area contributed by atoms with Gasteiger partial charge in [-0.05, 0) is 32.4 Å². The van der Waals surface area contributed by atoms with E-state index in [0.29, 0.717) is 24.8 Å². The molecule has 0 spiro atoms. The van der Waals surface area contributed by atoms with Gasteiger partial charge in [-0.1, -0.05) is 5.21 Å². The second kappa shape index (κ2) is 5.88. The molecule has 2 aliphatic rings. The first-order chi connectivity index (χ1) is 9.78. The standard InChI is InChI=1S/C13H21N5O2/c19-9-10-3-6-17(7-10)13(20)12-8-18(16-15-12)11-1-4-14-5-2-11/h8,10-11,14,19H,1-7,9H2. The lowest BCUT2D eigenvalue weighted by molar-refractivity contribution is 0.0776. The number of carbonyl (C=O) groups excluding carboxylic acids is 1. The molecular formula is C13H21N5O2. The van der Waals surface area contributed by atoms with E-state index >= 15 is 0 Å². The number of aliphatic hydroxyl groups excluding tert-OH is 1. The maximum absolute atomic E-state index is 12.3. The Bertz CT molecular complexity index is 469. The van der Waals surface area contributed by atoms with Crippen LogP contribution in [0, 0.1) is 5.92 Å². The number of aromatic nitrogens is 3. The van der Waals surface area contributed by atoms with Crippen molar-refractivity contribution in [1.29, 1.82) is 0 Å². The molecule has 0 bridgehead atoms. The maximum atomic E-state index is 12.3. The highest BCUT2D eigenvalue weighted by Crippen LogP contribution is 2.20. The van der Waals surface area contributed by atoms with E-state index in [0.717, 1.165) is 32.4 Å². The van der Waals surface area contributed by atoms with Crippen molar-refractivity contribution in [2.24, 2.45) is 5.92 Å². The van der Waals surface area contributed by atoms with Crippen LogP contribution in [0.15, 0.2) is 6.20 Å². The smallest absolute Gasteiger partial charge is 0.276 e. The lowest BCUT2D eigenvalue weighted by Crippen LogP contribution is -2.30. The molecule has 1 unspecified atom stereocenters. The lowest BCUT2D eigenvalue weighted by Gasteiger charge is -2.22. The van der Waals surface area contributed by atoms with Crippen LogP contribution >= 0.6 is 0 Å². The van der Waals surface area contributed by atoms with Gasteiger partial charge in [-0.25, -0.2) is 4.68 Å². The Kier molecular flexibility index (Phi) is 3.98. The van der Waals surface area contributed by atoms with Gasteiger partial charge in [0.05, 0.1) is 12.2 Å². The first-order valence-electron chi connectivity index (χ1n) is 7.30. The van der Waals surface area contributed by atoms with Gasteiger partial charge in [0.1, 0.15) is 0 Å². The number of piperidine rings is 1. The molecule has 0 saturated carbocycles. The van der Waals surface area contributed by atoms with Crippen LogP contribution in [-0.2, 0) is 0 Å². The summed E-state index contributed by atoms with van der Waals surface area (Å²) in [4.78, 5) is 14.1. The van der Waals surface area contributed by atoms with Crippen LogP contribution in [0.2, 0.25) is 0 Å². The predicted octanol–water partition coefficient (Wildman–Crippen LogP) is -0.343. The zero-order valence-corrected chi connectivity index (χ0v) is 11.5. The number of nitrogens with one attached hydrogen (secondary N) is 1. The van der Waals surface area contributed by atoms with Gasteiger partial charge < -0.3 is 15.3 Å². The summed E-state index contributed by atoms with van der Waals surface area (Å²) in [5.74, 6) is 0.138. The van der Waals surface area contributed by atoms with Gasteiger partial charge in [-0.15, -0.1) is 5.10 Å². The summed E-state index contributed by atoms with van der Waals surface area (Å²) < 4.78 is 1.83. The van der Waals surface area contributed by atoms with E-state index in [1.807, 2.05) is 4.68 Å². The number of hydrogen-bond donors (Lipinski definition) is 2. The van der Waals surface area contributed by atoms with Gasteiger partial charge >= 0.3 is 0 Å². The lowest BCUT2D eigenvalue weighted by atomic mass is 10.1. The van der Waals surface area contributed by atoms with Crippen molar-refractivity contribution in [2.45, 2.75) is 25.3 Å². The highest BCUT2D eigenvalue weighted by molar-refractivity contribution is 5.92. The Morgan fingerprint density at radius 3 is 2.90 bits per heavy atom. The Morgan fingerprint density at radius 1 is 1.40 bits per heavy atom. The topological polar surface area (TPSA) is 83.3 Å². The van der Waals surface area contributed by atoms with Crippen molar-refractivity contribution >= 4 is 5.91 Å². The van der Waals surface area contributed by atoms with Gasteiger partial charge in [0, 0.05) is 25.6 Å². The zero-order chi connectivity index (χ0) is 13.9. The van der Waals surface area contributed by atoms with E-state index < -0.39 is 0 Å². The van der Waals surface area contributed by atoms with Crippen molar-refractivity contribution in [1.82, 2.24) is 25.2 Å². The van der Waals surface area contributed by atoms with E-state index in [1.165, 1.54) is 0 Å². The van der Waals surface area contributed by atoms with E-state index in [4.69, 9.17) is 5.11 Å². The largest absolute Gasteiger partial charge is 0.396 e. The average Bonchev–Trinajstić information content (AvgIpc) is 3.17. The predicted molar refractivity (Wildman–Crippen MR) is 72.3 cm³/mol. The summed E-state index contributed by atoms with van der Waals surface area (Å²) >= 11 is 0. The summed E-state index contributed by atoms with van der Waals surface area (Å²) in [5, 5.41) is 20.6. The summed E-state index contributed by atoms with van der Waals surface area (Å²) in [6.45, 7) is 3.43. The van der Waals surface area contributed by atoms with Gasteiger partial charge in [-0.2, -0.15) is 0 Å². The maximum Gasteiger partial charge on any atom is 0.276 e. The molecule has 20 heavy (non-hydrogen) atoms. The molecule has 0 radical (unpaired) electrons. The SMILES string of the molecule is O=C(c1cn(C2CCNCC2)nn1)N1CCC(CO)C1. The van der Waals surface area contributed by atoms with Crippen molar-refractivity contribution in [3.05, 3.63) is 11.9 Å². The Balaban J connectivity index is 1.65. The fraction of sp³-hybridized carbons (Fsp3) is 0.769. The van der Waals surface area contributed by atoms with Crippen LogP contribution in [-0.4, -0.2) is 63.7 Å². The molecular weight excluding hydrogens is 258 g/mol. The highest BCUT2D eigenvalue weighted by Gasteiger charge is 2.28. The van der Waals surface area contributed by atoms with Crippen LogP contribution in [0.3, 0.4) is 0 Å². The van der Waals surface area contributed by atoms with Gasteiger partial charge in [-0.3, -0.25) is 4.79 Å². The number of carbonyl (C=O) groups is 1. The van der Waals surface area contributed by atoms with E-state index in [2.05, 4.69) is 15.6 Å². The molecule has 1 amide bonds. The number of likely N-dealkylation sites (tertiary alicyclic amines) is 1. The number of amides is 1. The molecule has 2 fully saturated rings. The van der Waals surface area contributed by atoms with E-state index in [9.17, 15) is 4.79 Å². The van der Waals surface area contributed by atoms with Crippen molar-refractivity contribution in [3.63, 3.8) is 0 Å². The fourth-order valence-electron chi connectivity index (χ4n) is 2.95. The zero-order valence-electron chi connectivity index (χ0n) is 11.5. The fourth-order valence-corrected chi connectivity index (χ4v) is 2.95. The Hall–Kier alpha value is -1.47. The number of aliphatic hydroxyl groups is 1. The molecule has 3 heterocycles. The van der Waals surface area contributed by atoms with Crippen LogP contribution in [0.1, 0.15) is 35.8 Å². The third-order valence-corrected chi connectivity index (χ3v) is 4.24. The minimum atomic E-state index is -0.0684. The van der Waals surface area contributed by atoms with Crippen LogP contribution in [0.25, 0.3) is 0 Å². The van der Waals surface area contributed by atoms with Crippen molar-refractivity contribution in [3.8, 4) is 0 Å². The van der Waals surface area contributed by atoms with Gasteiger partial charge in [0.15, 0.2) is 5.69 Å². The molecule has 1 aromatic heterocycles.